The molecule has 1 aliphatic heterocycles. The van der Waals surface area contributed by atoms with Crippen molar-refractivity contribution in [2.45, 2.75) is 12.8 Å². The summed E-state index contributed by atoms with van der Waals surface area (Å²) in [7, 11) is 0. The summed E-state index contributed by atoms with van der Waals surface area (Å²) < 4.78 is 5.80. The SMILES string of the molecule is O=C(CCCN1C(=O)c2ccccc2C1=O)Nc1c(C(=O)c2ccccc2)oc2ccc(Cl)cc12. The van der Waals surface area contributed by atoms with E-state index in [0.717, 1.165) is 4.90 Å². The van der Waals surface area contributed by atoms with Gasteiger partial charge in [-0.25, -0.2) is 0 Å². The Hall–Kier alpha value is -4.23. The van der Waals surface area contributed by atoms with E-state index >= 15 is 0 Å². The van der Waals surface area contributed by atoms with Gasteiger partial charge in [-0.1, -0.05) is 54.1 Å². The molecule has 174 valence electrons. The first-order chi connectivity index (χ1) is 16.9. The maximum atomic E-state index is 13.1. The van der Waals surface area contributed by atoms with Gasteiger partial charge in [-0.15, -0.1) is 0 Å². The third-order valence-corrected chi connectivity index (χ3v) is 6.06. The number of carbonyl (C=O) groups is 4. The Morgan fingerprint density at radius 2 is 1.54 bits per heavy atom. The van der Waals surface area contributed by atoms with E-state index in [9.17, 15) is 19.2 Å². The van der Waals surface area contributed by atoms with Crippen LogP contribution in [-0.4, -0.2) is 34.9 Å². The molecule has 1 N–H and O–H groups in total. The van der Waals surface area contributed by atoms with Crippen LogP contribution in [0.4, 0.5) is 5.69 Å². The minimum Gasteiger partial charge on any atom is -0.450 e. The zero-order chi connectivity index (χ0) is 24.5. The van der Waals surface area contributed by atoms with Gasteiger partial charge in [0.15, 0.2) is 5.76 Å². The number of hydrogen-bond donors (Lipinski definition) is 1. The van der Waals surface area contributed by atoms with Crippen LogP contribution in [0.25, 0.3) is 11.0 Å². The van der Waals surface area contributed by atoms with E-state index in [-0.39, 0.29) is 54.3 Å². The summed E-state index contributed by atoms with van der Waals surface area (Å²) in [6.07, 6.45) is 0.287. The fourth-order valence-electron chi connectivity index (χ4n) is 4.12. The average Bonchev–Trinajstić information content (AvgIpc) is 3.34. The molecular weight excluding hydrogens is 468 g/mol. The standard InChI is InChI=1S/C27H19ClN2O5/c28-17-12-13-21-20(15-17)23(25(35-21)24(32)16-7-2-1-3-8-16)29-22(31)11-6-14-30-26(33)18-9-4-5-10-19(18)27(30)34/h1-5,7-10,12-13,15H,6,11,14H2,(H,29,31). The molecule has 0 saturated heterocycles. The molecule has 0 unspecified atom stereocenters. The smallest absolute Gasteiger partial charge is 0.261 e. The number of nitrogens with one attached hydrogen (secondary N) is 1. The molecule has 0 bridgehead atoms. The lowest BCUT2D eigenvalue weighted by Gasteiger charge is -2.13. The number of hydrogen-bond acceptors (Lipinski definition) is 5. The van der Waals surface area contributed by atoms with Crippen LogP contribution in [0.15, 0.2) is 77.2 Å². The molecule has 0 aliphatic carbocycles. The quantitative estimate of drug-likeness (QED) is 0.281. The molecule has 3 aromatic carbocycles. The van der Waals surface area contributed by atoms with Crippen LogP contribution in [0.1, 0.15) is 49.7 Å². The number of fused-ring (bicyclic) bond motifs is 2. The van der Waals surface area contributed by atoms with Gasteiger partial charge in [0.05, 0.1) is 16.8 Å². The minimum atomic E-state index is -0.383. The van der Waals surface area contributed by atoms with Crippen molar-refractivity contribution in [3.8, 4) is 0 Å². The number of nitrogens with zero attached hydrogens (tertiary/aromatic N) is 1. The number of rotatable bonds is 7. The van der Waals surface area contributed by atoms with Crippen molar-refractivity contribution in [1.29, 1.82) is 0 Å². The highest BCUT2D eigenvalue weighted by Gasteiger charge is 2.34. The maximum Gasteiger partial charge on any atom is 0.261 e. The molecule has 0 saturated carbocycles. The first-order valence-corrected chi connectivity index (χ1v) is 11.4. The lowest BCUT2D eigenvalue weighted by molar-refractivity contribution is -0.116. The number of amides is 3. The summed E-state index contributed by atoms with van der Waals surface area (Å²) in [4.78, 5) is 52.1. The van der Waals surface area contributed by atoms with Crippen LogP contribution >= 0.6 is 11.6 Å². The molecule has 1 aromatic heterocycles. The van der Waals surface area contributed by atoms with E-state index in [1.807, 2.05) is 0 Å². The molecule has 5 rings (SSSR count). The molecular formula is C27H19ClN2O5. The monoisotopic (exact) mass is 486 g/mol. The molecule has 7 nitrogen and oxygen atoms in total. The summed E-state index contributed by atoms with van der Waals surface area (Å²) in [6.45, 7) is 0.105. The van der Waals surface area contributed by atoms with Gasteiger partial charge in [0, 0.05) is 28.9 Å². The van der Waals surface area contributed by atoms with Crippen molar-refractivity contribution in [1.82, 2.24) is 4.90 Å². The second kappa shape index (κ2) is 9.19. The van der Waals surface area contributed by atoms with E-state index < -0.39 is 0 Å². The van der Waals surface area contributed by atoms with E-state index in [2.05, 4.69) is 5.32 Å². The number of imide groups is 1. The zero-order valence-electron chi connectivity index (χ0n) is 18.4. The number of furan rings is 1. The zero-order valence-corrected chi connectivity index (χ0v) is 19.2. The van der Waals surface area contributed by atoms with Gasteiger partial charge in [-0.2, -0.15) is 0 Å². The fraction of sp³-hybridized carbons (Fsp3) is 0.111. The van der Waals surface area contributed by atoms with Crippen molar-refractivity contribution >= 4 is 51.8 Å². The van der Waals surface area contributed by atoms with Gasteiger partial charge in [0.25, 0.3) is 11.8 Å². The van der Waals surface area contributed by atoms with Crippen LogP contribution < -0.4 is 5.32 Å². The van der Waals surface area contributed by atoms with Gasteiger partial charge in [-0.05, 0) is 36.8 Å². The summed E-state index contributed by atoms with van der Waals surface area (Å²) in [5, 5.41) is 3.71. The summed E-state index contributed by atoms with van der Waals surface area (Å²) in [5.41, 5.74) is 1.80. The second-order valence-corrected chi connectivity index (χ2v) is 8.54. The van der Waals surface area contributed by atoms with Crippen molar-refractivity contribution in [2.24, 2.45) is 0 Å². The Bertz CT molecular complexity index is 1460. The van der Waals surface area contributed by atoms with E-state index in [1.165, 1.54) is 0 Å². The normalized spacial score (nSPS) is 12.8. The largest absolute Gasteiger partial charge is 0.450 e. The third kappa shape index (κ3) is 4.22. The number of halogens is 1. The van der Waals surface area contributed by atoms with Gasteiger partial charge in [0.2, 0.25) is 11.7 Å². The maximum absolute atomic E-state index is 13.1. The Morgan fingerprint density at radius 3 is 2.23 bits per heavy atom. The van der Waals surface area contributed by atoms with Gasteiger partial charge < -0.3 is 9.73 Å². The van der Waals surface area contributed by atoms with Gasteiger partial charge >= 0.3 is 0 Å². The van der Waals surface area contributed by atoms with Crippen molar-refractivity contribution in [3.05, 3.63) is 100 Å². The number of ketones is 1. The van der Waals surface area contributed by atoms with E-state index in [0.29, 0.717) is 32.7 Å². The fourth-order valence-corrected chi connectivity index (χ4v) is 4.29. The minimum absolute atomic E-state index is 0.00200. The topological polar surface area (TPSA) is 96.7 Å². The molecule has 4 aromatic rings. The molecule has 0 radical (unpaired) electrons. The molecule has 0 fully saturated rings. The molecule has 1 aliphatic rings. The molecule has 0 spiro atoms. The number of benzene rings is 3. The summed E-state index contributed by atoms with van der Waals surface area (Å²) >= 11 is 6.15. The van der Waals surface area contributed by atoms with Gasteiger partial charge in [0.1, 0.15) is 5.58 Å². The van der Waals surface area contributed by atoms with E-state index in [1.54, 1.807) is 72.8 Å². The predicted octanol–water partition coefficient (Wildman–Crippen LogP) is 5.33. The number of anilines is 1. The van der Waals surface area contributed by atoms with Crippen molar-refractivity contribution < 1.29 is 23.6 Å². The van der Waals surface area contributed by atoms with Crippen LogP contribution in [0.3, 0.4) is 0 Å². The molecule has 2 heterocycles. The Kier molecular flexibility index (Phi) is 5.93. The molecule has 35 heavy (non-hydrogen) atoms. The van der Waals surface area contributed by atoms with Gasteiger partial charge in [-0.3, -0.25) is 24.1 Å². The lowest BCUT2D eigenvalue weighted by Crippen LogP contribution is -2.31. The highest BCUT2D eigenvalue weighted by Crippen LogP contribution is 2.34. The third-order valence-electron chi connectivity index (χ3n) is 5.82. The number of carbonyl (C=O) groups excluding carboxylic acids is 4. The summed E-state index contributed by atoms with van der Waals surface area (Å²) in [5.74, 6) is -1.48. The molecule has 3 amide bonds. The summed E-state index contributed by atoms with van der Waals surface area (Å²) in [6, 6.07) is 20.1. The Balaban J connectivity index is 1.32. The highest BCUT2D eigenvalue weighted by molar-refractivity contribution is 6.31. The highest BCUT2D eigenvalue weighted by atomic mass is 35.5. The Morgan fingerprint density at radius 1 is 0.886 bits per heavy atom. The van der Waals surface area contributed by atoms with E-state index in [4.69, 9.17) is 16.0 Å². The second-order valence-electron chi connectivity index (χ2n) is 8.10. The average molecular weight is 487 g/mol. The first kappa shape index (κ1) is 22.6. The van der Waals surface area contributed by atoms with Crippen molar-refractivity contribution in [2.75, 3.05) is 11.9 Å². The van der Waals surface area contributed by atoms with Crippen LogP contribution in [0.2, 0.25) is 5.02 Å². The van der Waals surface area contributed by atoms with Crippen LogP contribution in [0.5, 0.6) is 0 Å². The molecule has 0 atom stereocenters. The Labute approximate surface area is 205 Å². The molecule has 8 heteroatoms. The van der Waals surface area contributed by atoms with Crippen molar-refractivity contribution in [3.63, 3.8) is 0 Å². The lowest BCUT2D eigenvalue weighted by atomic mass is 10.1. The predicted molar refractivity (Wildman–Crippen MR) is 131 cm³/mol. The first-order valence-electron chi connectivity index (χ1n) is 11.0. The van der Waals surface area contributed by atoms with Crippen LogP contribution in [0, 0.1) is 0 Å². The van der Waals surface area contributed by atoms with Crippen LogP contribution in [-0.2, 0) is 4.79 Å².